The predicted octanol–water partition coefficient (Wildman–Crippen LogP) is 22.0. The molecule has 0 unspecified atom stereocenters. The van der Waals surface area contributed by atoms with Gasteiger partial charge in [-0.25, -0.2) is 4.98 Å². The third-order valence-electron chi connectivity index (χ3n) is 17.4. The molecule has 0 saturated carbocycles. The molecule has 0 N–H and O–H groups in total. The Kier molecular flexibility index (Phi) is 14.3. The molecule has 1 aliphatic rings. The number of imidazole rings is 1. The molecule has 4 heterocycles. The monoisotopic (exact) mass is 1300 g/mol. The first-order valence-corrected chi connectivity index (χ1v) is 30.2. The third-order valence-corrected chi connectivity index (χ3v) is 17.4. The second-order valence-corrected chi connectivity index (χ2v) is 28.8. The molecule has 436 valence electrons. The number of benzene rings is 9. The van der Waals surface area contributed by atoms with Crippen LogP contribution in [0.2, 0.25) is 0 Å². The maximum Gasteiger partial charge on any atom is 0.136 e. The van der Waals surface area contributed by atoms with Gasteiger partial charge in [0.05, 0.1) is 5.52 Å². The Morgan fingerprint density at radius 2 is 1.01 bits per heavy atom. The van der Waals surface area contributed by atoms with E-state index in [0.29, 0.717) is 11.2 Å². The maximum atomic E-state index is 7.16. The van der Waals surface area contributed by atoms with E-state index in [0.717, 1.165) is 99.0 Å². The first-order valence-electron chi connectivity index (χ1n) is 30.2. The molecule has 6 heteroatoms. The molecular formula is C80H77N4OPt-3. The summed E-state index contributed by atoms with van der Waals surface area (Å²) in [7, 11) is 0. The number of nitrogens with zero attached hydrogens (tertiary/aromatic N) is 4. The molecule has 0 saturated heterocycles. The minimum Gasteiger partial charge on any atom is -0.510 e. The van der Waals surface area contributed by atoms with Crippen molar-refractivity contribution in [3.05, 3.63) is 234 Å². The zero-order valence-corrected chi connectivity index (χ0v) is 54.8. The van der Waals surface area contributed by atoms with E-state index in [1.165, 1.54) is 33.4 Å². The molecule has 86 heavy (non-hydrogen) atoms. The molecule has 0 aliphatic carbocycles. The normalized spacial score (nSPS) is 12.7. The van der Waals surface area contributed by atoms with Crippen LogP contribution in [-0.4, -0.2) is 18.5 Å². The van der Waals surface area contributed by atoms with Crippen molar-refractivity contribution in [2.45, 2.75) is 131 Å². The third kappa shape index (κ3) is 10.7. The van der Waals surface area contributed by atoms with Crippen LogP contribution in [0.5, 0.6) is 0 Å². The fourth-order valence-corrected chi connectivity index (χ4v) is 12.2. The summed E-state index contributed by atoms with van der Waals surface area (Å²) >= 11 is 0. The summed E-state index contributed by atoms with van der Waals surface area (Å²) in [5, 5.41) is 7.73. The van der Waals surface area contributed by atoms with Gasteiger partial charge < -0.3 is 18.0 Å². The van der Waals surface area contributed by atoms with Crippen LogP contribution in [0.15, 0.2) is 199 Å². The Balaban J connectivity index is 0.00000724. The molecule has 13 rings (SSSR count). The summed E-state index contributed by atoms with van der Waals surface area (Å²) in [6.45, 7) is 34.4. The van der Waals surface area contributed by atoms with Crippen LogP contribution in [0.25, 0.3) is 116 Å². The fraction of sp³-hybridized carbons (Fsp3) is 0.250. The van der Waals surface area contributed by atoms with E-state index in [2.05, 4.69) is 324 Å². The minimum absolute atomic E-state index is 0. The Labute approximate surface area is 521 Å². The summed E-state index contributed by atoms with van der Waals surface area (Å²) < 4.78 is 14.2. The minimum atomic E-state index is -0.235. The Morgan fingerprint density at radius 3 is 1.71 bits per heavy atom. The van der Waals surface area contributed by atoms with E-state index in [1.807, 2.05) is 0 Å². The summed E-state index contributed by atoms with van der Waals surface area (Å²) in [5.74, 6) is 0. The SMILES string of the molecule is CC(C)(C)c1ccc(-c2ccc3c(c2)c2ccc4[c-]c2n3c2cc(C(C)(C)C)cc(n2)c2cccc(c2)c2ccccc2c2cc(C(C)(C)C)cc(-c3cccc(C(C)(C)C)c3)c2n2[cH-]n(c3[c-]c(cc(C(C)(C)C)c3)o4)-c3ccccc3-2)cc1.[Pt]. The van der Waals surface area contributed by atoms with Crippen LogP contribution >= 0.6 is 0 Å². The fourth-order valence-electron chi connectivity index (χ4n) is 12.2. The number of rotatable bonds is 2. The molecule has 0 radical (unpaired) electrons. The summed E-state index contributed by atoms with van der Waals surface area (Å²) in [5.41, 5.74) is 19.1. The smallest absolute Gasteiger partial charge is 0.136 e. The number of para-hydroxylation sites is 2. The molecule has 12 aromatic rings. The Bertz CT molecular complexity index is 4960. The van der Waals surface area contributed by atoms with Crippen molar-refractivity contribution in [1.82, 2.24) is 18.5 Å². The zero-order valence-electron chi connectivity index (χ0n) is 52.5. The topological polar surface area (TPSA) is 40.3 Å². The van der Waals surface area contributed by atoms with Gasteiger partial charge >= 0.3 is 0 Å². The summed E-state index contributed by atoms with van der Waals surface area (Å²) in [4.78, 5) is 5.72. The van der Waals surface area contributed by atoms with E-state index >= 15 is 0 Å². The first-order chi connectivity index (χ1) is 40.2. The average Bonchev–Trinajstić information content (AvgIpc) is 2.23. The van der Waals surface area contributed by atoms with Gasteiger partial charge in [0.2, 0.25) is 0 Å². The second kappa shape index (κ2) is 21.1. The quantitative estimate of drug-likeness (QED) is 0.162. The number of hydrogen-bond acceptors (Lipinski definition) is 2. The van der Waals surface area contributed by atoms with Gasteiger partial charge in [-0.2, -0.15) is 23.8 Å². The van der Waals surface area contributed by atoms with Crippen molar-refractivity contribution in [3.8, 4) is 33.6 Å². The van der Waals surface area contributed by atoms with Gasteiger partial charge in [-0.1, -0.05) is 249 Å². The van der Waals surface area contributed by atoms with Gasteiger partial charge in [-0.15, -0.1) is 29.1 Å². The molecule has 5 nitrogen and oxygen atoms in total. The Morgan fingerprint density at radius 1 is 0.395 bits per heavy atom. The van der Waals surface area contributed by atoms with E-state index in [-0.39, 0.29) is 48.1 Å². The second-order valence-electron chi connectivity index (χ2n) is 28.8. The number of hydrogen-bond donors (Lipinski definition) is 0. The standard InChI is InChI=1S/C80H77N4O.Pt/c1-76(2,3)55-33-30-50(31-34-55)51-32-37-70-67(40-51)65-36-35-61-48-73(65)84(70)74-46-59(80(13,14)15)45-69(81-74)54-24-20-22-52(38-54)63-26-16-17-27-64(63)68-44-58(79(10,11)12)43-66(53-23-21-25-56(39-53)77(4,5)6)75(68)83-49-82(71-28-18-19-29-72(71)83)60-41-57(78(7,8)9)42-62(47-60)85-61;/h16-46,49H,1-15H3;/q-3;. The van der Waals surface area contributed by atoms with Gasteiger partial charge in [0, 0.05) is 49.5 Å². The van der Waals surface area contributed by atoms with Crippen LogP contribution in [0.1, 0.15) is 132 Å². The molecule has 0 fully saturated rings. The van der Waals surface area contributed by atoms with Crippen LogP contribution < -0.4 is 0 Å². The summed E-state index contributed by atoms with van der Waals surface area (Å²) in [6, 6.07) is 77.8. The van der Waals surface area contributed by atoms with E-state index in [4.69, 9.17) is 9.40 Å². The van der Waals surface area contributed by atoms with Gasteiger partial charge in [-0.05, 0) is 140 Å². The van der Waals surface area contributed by atoms with Crippen molar-refractivity contribution >= 4 is 82.1 Å². The van der Waals surface area contributed by atoms with Gasteiger partial charge in [0.15, 0.2) is 0 Å². The molecule has 9 aromatic carbocycles. The van der Waals surface area contributed by atoms with Crippen molar-refractivity contribution in [2.24, 2.45) is 0 Å². The van der Waals surface area contributed by atoms with E-state index in [9.17, 15) is 0 Å². The van der Waals surface area contributed by atoms with Crippen LogP contribution in [-0.2, 0) is 48.1 Å². The van der Waals surface area contributed by atoms with Crippen molar-refractivity contribution in [2.75, 3.05) is 0 Å². The predicted molar refractivity (Wildman–Crippen MR) is 362 cm³/mol. The maximum absolute atomic E-state index is 7.16. The largest absolute Gasteiger partial charge is 0.510 e. The van der Waals surface area contributed by atoms with Crippen molar-refractivity contribution in [3.63, 3.8) is 0 Å². The summed E-state index contributed by atoms with van der Waals surface area (Å²) in [6.07, 6.45) is 2.28. The van der Waals surface area contributed by atoms with E-state index < -0.39 is 0 Å². The molecule has 10 bridgehead atoms. The van der Waals surface area contributed by atoms with Gasteiger partial charge in [0.1, 0.15) is 5.65 Å². The van der Waals surface area contributed by atoms with Crippen molar-refractivity contribution in [1.29, 1.82) is 0 Å². The van der Waals surface area contributed by atoms with Crippen molar-refractivity contribution < 1.29 is 25.5 Å². The van der Waals surface area contributed by atoms with Crippen LogP contribution in [0, 0.1) is 12.1 Å². The molecule has 0 spiro atoms. The van der Waals surface area contributed by atoms with Gasteiger partial charge in [0.25, 0.3) is 0 Å². The number of fused-ring (bicyclic) bond motifs is 23. The average molecular weight is 1310 g/mol. The number of pyridine rings is 1. The molecular weight excluding hydrogens is 1230 g/mol. The molecule has 0 amide bonds. The van der Waals surface area contributed by atoms with Gasteiger partial charge in [-0.3, -0.25) is 0 Å². The first kappa shape index (κ1) is 58.3. The number of aromatic nitrogens is 4. The molecule has 1 aliphatic heterocycles. The van der Waals surface area contributed by atoms with E-state index in [1.54, 1.807) is 0 Å². The molecule has 0 atom stereocenters. The van der Waals surface area contributed by atoms with Crippen LogP contribution in [0.4, 0.5) is 0 Å². The zero-order chi connectivity index (χ0) is 59.7. The van der Waals surface area contributed by atoms with Crippen LogP contribution in [0.3, 0.4) is 0 Å². The Hall–Kier alpha value is -8.11. The molecule has 3 aromatic heterocycles.